The van der Waals surface area contributed by atoms with E-state index in [1.54, 1.807) is 0 Å². The fourth-order valence-electron chi connectivity index (χ4n) is 2.99. The molecule has 1 aromatic heterocycles. The molecule has 1 aliphatic rings. The lowest BCUT2D eigenvalue weighted by molar-refractivity contribution is 0.324. The minimum atomic E-state index is 0.253. The van der Waals surface area contributed by atoms with Gasteiger partial charge < -0.3 is 5.73 Å². The van der Waals surface area contributed by atoms with Gasteiger partial charge >= 0.3 is 0 Å². The topological polar surface area (TPSA) is 26.0 Å². The summed E-state index contributed by atoms with van der Waals surface area (Å²) in [5.41, 5.74) is 6.64. The highest BCUT2D eigenvalue weighted by Gasteiger charge is 2.19. The summed E-state index contributed by atoms with van der Waals surface area (Å²) < 4.78 is 0. The van der Waals surface area contributed by atoms with Gasteiger partial charge in [-0.15, -0.1) is 11.3 Å². The fraction of sp³-hybridized carbons (Fsp3) is 0.765. The van der Waals surface area contributed by atoms with Crippen LogP contribution in [0.5, 0.6) is 0 Å². The van der Waals surface area contributed by atoms with Crippen molar-refractivity contribution in [1.82, 2.24) is 0 Å². The lowest BCUT2D eigenvalue weighted by Gasteiger charge is -2.22. The molecule has 0 spiro atoms. The van der Waals surface area contributed by atoms with Crippen LogP contribution >= 0.6 is 11.3 Å². The standard InChI is InChI=1S/C17H29NS/c1-17(2,3)16-12-11-15(19-16)14(18)10-9-13-7-5-4-6-8-13/h11-14H,4-10,18H2,1-3H3. The average Bonchev–Trinajstić information content (AvgIpc) is 2.87. The van der Waals surface area contributed by atoms with E-state index in [2.05, 4.69) is 32.9 Å². The fourth-order valence-corrected chi connectivity index (χ4v) is 4.09. The Morgan fingerprint density at radius 1 is 1.21 bits per heavy atom. The van der Waals surface area contributed by atoms with Crippen molar-refractivity contribution in [3.8, 4) is 0 Å². The summed E-state index contributed by atoms with van der Waals surface area (Å²) in [6.07, 6.45) is 9.68. The highest BCUT2D eigenvalue weighted by Crippen LogP contribution is 2.34. The number of thiophene rings is 1. The van der Waals surface area contributed by atoms with Crippen molar-refractivity contribution >= 4 is 11.3 Å². The van der Waals surface area contributed by atoms with E-state index in [9.17, 15) is 0 Å². The highest BCUT2D eigenvalue weighted by atomic mass is 32.1. The second kappa shape index (κ2) is 6.41. The lowest BCUT2D eigenvalue weighted by Crippen LogP contribution is -2.13. The molecule has 0 aromatic carbocycles. The zero-order valence-corrected chi connectivity index (χ0v) is 13.6. The van der Waals surface area contributed by atoms with Crippen LogP contribution in [0.15, 0.2) is 12.1 Å². The first kappa shape index (κ1) is 15.1. The molecular weight excluding hydrogens is 250 g/mol. The molecule has 1 unspecified atom stereocenters. The van der Waals surface area contributed by atoms with Gasteiger partial charge in [-0.3, -0.25) is 0 Å². The first-order valence-corrected chi connectivity index (χ1v) is 8.64. The summed E-state index contributed by atoms with van der Waals surface area (Å²) in [7, 11) is 0. The molecule has 2 heteroatoms. The molecule has 1 aliphatic carbocycles. The van der Waals surface area contributed by atoms with Crippen LogP contribution in [-0.4, -0.2) is 0 Å². The molecule has 2 rings (SSSR count). The SMILES string of the molecule is CC(C)(C)c1ccc(C(N)CCC2CCCCC2)s1. The summed E-state index contributed by atoms with van der Waals surface area (Å²) in [5.74, 6) is 0.946. The molecular formula is C17H29NS. The zero-order chi connectivity index (χ0) is 13.9. The maximum Gasteiger partial charge on any atom is 0.0389 e. The molecule has 1 nitrogen and oxygen atoms in total. The monoisotopic (exact) mass is 279 g/mol. The van der Waals surface area contributed by atoms with Crippen LogP contribution in [0.4, 0.5) is 0 Å². The lowest BCUT2D eigenvalue weighted by atomic mass is 9.85. The van der Waals surface area contributed by atoms with Crippen molar-refractivity contribution in [2.75, 3.05) is 0 Å². The van der Waals surface area contributed by atoms with Crippen LogP contribution in [0, 0.1) is 5.92 Å². The Morgan fingerprint density at radius 2 is 1.89 bits per heavy atom. The van der Waals surface area contributed by atoms with E-state index in [1.807, 2.05) is 11.3 Å². The Labute approximate surface area is 122 Å². The van der Waals surface area contributed by atoms with Crippen molar-refractivity contribution in [2.45, 2.75) is 77.2 Å². The summed E-state index contributed by atoms with van der Waals surface area (Å²) in [6, 6.07) is 4.76. The number of rotatable bonds is 4. The quantitative estimate of drug-likeness (QED) is 0.784. The molecule has 2 N–H and O–H groups in total. The molecule has 0 radical (unpaired) electrons. The Kier molecular flexibility index (Phi) is 5.08. The Hall–Kier alpha value is -0.340. The van der Waals surface area contributed by atoms with Crippen LogP contribution in [0.3, 0.4) is 0 Å². The van der Waals surface area contributed by atoms with Gasteiger partial charge in [-0.05, 0) is 36.3 Å². The van der Waals surface area contributed by atoms with E-state index < -0.39 is 0 Å². The molecule has 1 aromatic rings. The van der Waals surface area contributed by atoms with Gasteiger partial charge in [-0.2, -0.15) is 0 Å². The highest BCUT2D eigenvalue weighted by molar-refractivity contribution is 7.12. The van der Waals surface area contributed by atoms with Gasteiger partial charge in [0.2, 0.25) is 0 Å². The van der Waals surface area contributed by atoms with Crippen molar-refractivity contribution in [3.05, 3.63) is 21.9 Å². The maximum absolute atomic E-state index is 6.38. The van der Waals surface area contributed by atoms with Crippen LogP contribution < -0.4 is 5.73 Å². The molecule has 0 saturated heterocycles. The van der Waals surface area contributed by atoms with Crippen molar-refractivity contribution in [3.63, 3.8) is 0 Å². The number of hydrogen-bond donors (Lipinski definition) is 1. The number of hydrogen-bond acceptors (Lipinski definition) is 2. The molecule has 0 bridgehead atoms. The van der Waals surface area contributed by atoms with Crippen LogP contribution in [0.2, 0.25) is 0 Å². The van der Waals surface area contributed by atoms with Gasteiger partial charge in [0.05, 0.1) is 0 Å². The second-order valence-electron chi connectivity index (χ2n) is 7.14. The molecule has 1 heterocycles. The third-order valence-corrected chi connectivity index (χ3v) is 5.98. The summed E-state index contributed by atoms with van der Waals surface area (Å²) in [6.45, 7) is 6.82. The molecule has 0 amide bonds. The van der Waals surface area contributed by atoms with Gasteiger partial charge in [-0.1, -0.05) is 52.9 Å². The predicted molar refractivity (Wildman–Crippen MR) is 85.8 cm³/mol. The third kappa shape index (κ3) is 4.32. The molecule has 1 saturated carbocycles. The normalized spacial score (nSPS) is 19.6. The molecule has 108 valence electrons. The summed E-state index contributed by atoms with van der Waals surface area (Å²) in [5, 5.41) is 0. The van der Waals surface area contributed by atoms with Crippen LogP contribution in [0.25, 0.3) is 0 Å². The zero-order valence-electron chi connectivity index (χ0n) is 12.7. The van der Waals surface area contributed by atoms with E-state index in [0.29, 0.717) is 0 Å². The molecule has 0 aliphatic heterocycles. The van der Waals surface area contributed by atoms with E-state index in [4.69, 9.17) is 5.73 Å². The first-order chi connectivity index (χ1) is 8.97. The van der Waals surface area contributed by atoms with Gasteiger partial charge in [0.25, 0.3) is 0 Å². The van der Waals surface area contributed by atoms with Crippen LogP contribution in [0.1, 0.15) is 81.5 Å². The van der Waals surface area contributed by atoms with Crippen molar-refractivity contribution in [1.29, 1.82) is 0 Å². The second-order valence-corrected chi connectivity index (χ2v) is 8.26. The van der Waals surface area contributed by atoms with E-state index in [-0.39, 0.29) is 11.5 Å². The summed E-state index contributed by atoms with van der Waals surface area (Å²) >= 11 is 1.91. The molecule has 19 heavy (non-hydrogen) atoms. The smallest absolute Gasteiger partial charge is 0.0389 e. The Morgan fingerprint density at radius 3 is 2.47 bits per heavy atom. The van der Waals surface area contributed by atoms with Gasteiger partial charge in [0.1, 0.15) is 0 Å². The number of nitrogens with two attached hydrogens (primary N) is 1. The third-order valence-electron chi connectivity index (χ3n) is 4.34. The van der Waals surface area contributed by atoms with Gasteiger partial charge in [0.15, 0.2) is 0 Å². The maximum atomic E-state index is 6.38. The van der Waals surface area contributed by atoms with Crippen molar-refractivity contribution < 1.29 is 0 Å². The van der Waals surface area contributed by atoms with Gasteiger partial charge in [0, 0.05) is 15.8 Å². The molecule has 1 atom stereocenters. The van der Waals surface area contributed by atoms with E-state index in [0.717, 1.165) is 12.3 Å². The average molecular weight is 279 g/mol. The van der Waals surface area contributed by atoms with Gasteiger partial charge in [-0.25, -0.2) is 0 Å². The van der Waals surface area contributed by atoms with Crippen molar-refractivity contribution in [2.24, 2.45) is 11.7 Å². The molecule has 1 fully saturated rings. The predicted octanol–water partition coefficient (Wildman–Crippen LogP) is 5.41. The van der Waals surface area contributed by atoms with E-state index >= 15 is 0 Å². The minimum absolute atomic E-state index is 0.253. The Balaban J connectivity index is 1.85. The van der Waals surface area contributed by atoms with E-state index in [1.165, 1.54) is 48.3 Å². The Bertz CT molecular complexity index is 382. The minimum Gasteiger partial charge on any atom is -0.323 e. The largest absolute Gasteiger partial charge is 0.323 e. The summed E-state index contributed by atoms with van der Waals surface area (Å²) in [4.78, 5) is 2.83. The first-order valence-electron chi connectivity index (χ1n) is 7.82. The van der Waals surface area contributed by atoms with Crippen LogP contribution in [-0.2, 0) is 5.41 Å².